The van der Waals surface area contributed by atoms with E-state index in [4.69, 9.17) is 4.74 Å². The van der Waals surface area contributed by atoms with Gasteiger partial charge in [-0.25, -0.2) is 4.68 Å². The third-order valence-corrected chi connectivity index (χ3v) is 3.71. The summed E-state index contributed by atoms with van der Waals surface area (Å²) in [4.78, 5) is 15.9. The summed E-state index contributed by atoms with van der Waals surface area (Å²) >= 11 is 0. The van der Waals surface area contributed by atoms with Gasteiger partial charge in [0.25, 0.3) is 5.56 Å². The number of ether oxygens (including phenoxy) is 1. The van der Waals surface area contributed by atoms with Crippen molar-refractivity contribution in [3.05, 3.63) is 46.0 Å². The van der Waals surface area contributed by atoms with Crippen LogP contribution in [-0.4, -0.2) is 21.9 Å². The van der Waals surface area contributed by atoms with E-state index in [2.05, 4.69) is 10.1 Å². The monoisotopic (exact) mass is 283 g/mol. The molecular weight excluding hydrogens is 266 g/mol. The van der Waals surface area contributed by atoms with E-state index in [1.807, 2.05) is 38.1 Å². The molecule has 1 aromatic carbocycles. The van der Waals surface area contributed by atoms with Crippen LogP contribution in [-0.2, 0) is 7.05 Å². The summed E-state index contributed by atoms with van der Waals surface area (Å²) in [5.74, 6) is 0.533. The highest BCUT2D eigenvalue weighted by atomic mass is 16.5. The number of aromatic nitrogens is 3. The lowest BCUT2D eigenvalue weighted by atomic mass is 10.0. The van der Waals surface area contributed by atoms with E-state index in [9.17, 15) is 4.79 Å². The van der Waals surface area contributed by atoms with Crippen molar-refractivity contribution in [3.8, 4) is 16.9 Å². The summed E-state index contributed by atoms with van der Waals surface area (Å²) in [6.07, 6.45) is 0. The number of aryl methyl sites for hydroxylation is 3. The summed E-state index contributed by atoms with van der Waals surface area (Å²) in [6.45, 7) is 3.80. The van der Waals surface area contributed by atoms with Gasteiger partial charge < -0.3 is 9.72 Å². The van der Waals surface area contributed by atoms with Crippen LogP contribution < -0.4 is 10.3 Å². The third kappa shape index (κ3) is 1.93. The first kappa shape index (κ1) is 13.4. The molecule has 0 atom stereocenters. The van der Waals surface area contributed by atoms with Crippen molar-refractivity contribution in [2.45, 2.75) is 13.8 Å². The highest BCUT2D eigenvalue weighted by Gasteiger charge is 2.21. The van der Waals surface area contributed by atoms with Gasteiger partial charge in [-0.15, -0.1) is 0 Å². The molecule has 0 saturated carbocycles. The molecule has 3 aromatic rings. The number of para-hydroxylation sites is 1. The van der Waals surface area contributed by atoms with Gasteiger partial charge in [0.05, 0.1) is 12.7 Å². The Bertz CT molecular complexity index is 890. The van der Waals surface area contributed by atoms with Crippen molar-refractivity contribution in [1.29, 1.82) is 0 Å². The van der Waals surface area contributed by atoms with Gasteiger partial charge in [-0.3, -0.25) is 4.79 Å². The van der Waals surface area contributed by atoms with Crippen LogP contribution in [0, 0.1) is 13.8 Å². The Morgan fingerprint density at radius 1 is 1.19 bits per heavy atom. The number of hydrogen-bond donors (Lipinski definition) is 1. The van der Waals surface area contributed by atoms with E-state index >= 15 is 0 Å². The molecule has 0 aliphatic carbocycles. The summed E-state index contributed by atoms with van der Waals surface area (Å²) in [7, 11) is 3.22. The molecule has 3 rings (SSSR count). The Balaban J connectivity index is 2.49. The van der Waals surface area contributed by atoms with E-state index in [1.54, 1.807) is 14.2 Å². The minimum atomic E-state index is -0.162. The molecule has 5 heteroatoms. The van der Waals surface area contributed by atoms with Gasteiger partial charge >= 0.3 is 0 Å². The quantitative estimate of drug-likeness (QED) is 0.786. The van der Waals surface area contributed by atoms with E-state index in [0.717, 1.165) is 22.2 Å². The Morgan fingerprint density at radius 3 is 2.62 bits per heavy atom. The van der Waals surface area contributed by atoms with E-state index < -0.39 is 0 Å². The van der Waals surface area contributed by atoms with E-state index in [0.29, 0.717) is 17.0 Å². The number of H-pyrrole nitrogens is 1. The molecule has 0 amide bonds. The minimum Gasteiger partial charge on any atom is -0.494 e. The van der Waals surface area contributed by atoms with Crippen LogP contribution in [0.3, 0.4) is 0 Å². The van der Waals surface area contributed by atoms with Crippen molar-refractivity contribution in [3.63, 3.8) is 0 Å². The molecule has 0 aliphatic heterocycles. The second-order valence-electron chi connectivity index (χ2n) is 5.09. The zero-order valence-electron chi connectivity index (χ0n) is 12.5. The van der Waals surface area contributed by atoms with Crippen LogP contribution in [0.4, 0.5) is 0 Å². The number of methoxy groups -OCH3 is 1. The number of nitrogens with one attached hydrogen (secondary N) is 1. The minimum absolute atomic E-state index is 0.162. The average Bonchev–Trinajstić information content (AvgIpc) is 2.78. The predicted molar refractivity (Wildman–Crippen MR) is 82.8 cm³/mol. The van der Waals surface area contributed by atoms with Crippen molar-refractivity contribution < 1.29 is 4.74 Å². The fourth-order valence-corrected chi connectivity index (χ4v) is 2.82. The van der Waals surface area contributed by atoms with Crippen LogP contribution in [0.2, 0.25) is 0 Å². The molecule has 0 fully saturated rings. The molecule has 2 aromatic heterocycles. The SMILES string of the molecule is COc1c(C)nn(C)c(=O)c1-c1c(C)[nH]c2ccccc12. The molecule has 2 heterocycles. The second-order valence-corrected chi connectivity index (χ2v) is 5.09. The van der Waals surface area contributed by atoms with Crippen molar-refractivity contribution in [2.24, 2.45) is 7.05 Å². The lowest BCUT2D eigenvalue weighted by Crippen LogP contribution is -2.23. The average molecular weight is 283 g/mol. The predicted octanol–water partition coefficient (Wildman–Crippen LogP) is 2.55. The van der Waals surface area contributed by atoms with Gasteiger partial charge in [-0.2, -0.15) is 5.10 Å². The van der Waals surface area contributed by atoms with Gasteiger partial charge in [-0.1, -0.05) is 18.2 Å². The highest BCUT2D eigenvalue weighted by Crippen LogP contribution is 2.36. The molecule has 108 valence electrons. The number of fused-ring (bicyclic) bond motifs is 1. The lowest BCUT2D eigenvalue weighted by Gasteiger charge is -2.12. The Labute approximate surface area is 122 Å². The number of rotatable bonds is 2. The fourth-order valence-electron chi connectivity index (χ4n) is 2.82. The first-order valence-electron chi connectivity index (χ1n) is 6.74. The van der Waals surface area contributed by atoms with Crippen molar-refractivity contribution in [1.82, 2.24) is 14.8 Å². The van der Waals surface area contributed by atoms with Crippen LogP contribution in [0.1, 0.15) is 11.4 Å². The third-order valence-electron chi connectivity index (χ3n) is 3.71. The summed E-state index contributed by atoms with van der Waals surface area (Å²) in [6, 6.07) is 7.93. The standard InChI is InChI=1S/C16H17N3O2/c1-9-13(11-7-5-6-8-12(11)17-9)14-15(21-4)10(2)18-19(3)16(14)20/h5-8,17H,1-4H3. The van der Waals surface area contributed by atoms with Crippen LogP contribution >= 0.6 is 0 Å². The van der Waals surface area contributed by atoms with Gasteiger partial charge in [-0.05, 0) is 19.9 Å². The molecule has 0 bridgehead atoms. The first-order valence-corrected chi connectivity index (χ1v) is 6.74. The van der Waals surface area contributed by atoms with Crippen LogP contribution in [0.5, 0.6) is 5.75 Å². The molecular formula is C16H17N3O2. The van der Waals surface area contributed by atoms with Gasteiger partial charge in [0.2, 0.25) is 0 Å². The molecule has 0 radical (unpaired) electrons. The summed E-state index contributed by atoms with van der Waals surface area (Å²) in [5.41, 5.74) is 3.92. The molecule has 0 saturated heterocycles. The number of hydrogen-bond acceptors (Lipinski definition) is 3. The molecule has 21 heavy (non-hydrogen) atoms. The molecule has 1 N–H and O–H groups in total. The van der Waals surface area contributed by atoms with Crippen LogP contribution in [0.25, 0.3) is 22.0 Å². The van der Waals surface area contributed by atoms with Gasteiger partial charge in [0.1, 0.15) is 5.69 Å². The molecule has 0 aliphatic rings. The highest BCUT2D eigenvalue weighted by molar-refractivity contribution is 5.98. The van der Waals surface area contributed by atoms with E-state index in [1.165, 1.54) is 4.68 Å². The first-order chi connectivity index (χ1) is 10.0. The van der Waals surface area contributed by atoms with E-state index in [-0.39, 0.29) is 5.56 Å². The number of nitrogens with zero attached hydrogens (tertiary/aromatic N) is 2. The molecule has 0 unspecified atom stereocenters. The number of aromatic amines is 1. The zero-order valence-corrected chi connectivity index (χ0v) is 12.5. The number of benzene rings is 1. The van der Waals surface area contributed by atoms with Gasteiger partial charge in [0, 0.05) is 29.2 Å². The van der Waals surface area contributed by atoms with Crippen LogP contribution in [0.15, 0.2) is 29.1 Å². The summed E-state index contributed by atoms with van der Waals surface area (Å²) < 4.78 is 6.81. The topological polar surface area (TPSA) is 59.9 Å². The maximum Gasteiger partial charge on any atom is 0.278 e. The zero-order chi connectivity index (χ0) is 15.1. The van der Waals surface area contributed by atoms with Crippen molar-refractivity contribution in [2.75, 3.05) is 7.11 Å². The normalized spacial score (nSPS) is 11.0. The Kier molecular flexibility index (Phi) is 3.05. The second kappa shape index (κ2) is 4.77. The lowest BCUT2D eigenvalue weighted by molar-refractivity contribution is 0.405. The Hall–Kier alpha value is -2.56. The largest absolute Gasteiger partial charge is 0.494 e. The fraction of sp³-hybridized carbons (Fsp3) is 0.250. The molecule has 0 spiro atoms. The Morgan fingerprint density at radius 2 is 1.90 bits per heavy atom. The van der Waals surface area contributed by atoms with Crippen molar-refractivity contribution >= 4 is 10.9 Å². The smallest absolute Gasteiger partial charge is 0.278 e. The molecule has 5 nitrogen and oxygen atoms in total. The van der Waals surface area contributed by atoms with Gasteiger partial charge in [0.15, 0.2) is 5.75 Å². The maximum absolute atomic E-state index is 12.6. The summed E-state index contributed by atoms with van der Waals surface area (Å²) in [5, 5.41) is 5.20. The maximum atomic E-state index is 12.6.